The summed E-state index contributed by atoms with van der Waals surface area (Å²) in [5.74, 6) is 1.69. The molecule has 3 unspecified atom stereocenters. The molecule has 1 aromatic carbocycles. The number of carbonyl (C=O) groups excluding carboxylic acids is 1. The molecule has 1 saturated heterocycles. The number of nitrogens with zero attached hydrogens (tertiary/aromatic N) is 2. The van der Waals surface area contributed by atoms with Crippen LogP contribution in [0.1, 0.15) is 37.2 Å². The minimum absolute atomic E-state index is 0.203. The predicted molar refractivity (Wildman–Crippen MR) is 92.2 cm³/mol. The summed E-state index contributed by atoms with van der Waals surface area (Å²) in [6, 6.07) is 11.1. The summed E-state index contributed by atoms with van der Waals surface area (Å²) in [4.78, 5) is 17.9. The van der Waals surface area contributed by atoms with E-state index in [4.69, 9.17) is 5.73 Å². The number of hydrogen-bond acceptors (Lipinski definition) is 2. The van der Waals surface area contributed by atoms with E-state index in [2.05, 4.69) is 45.5 Å². The minimum atomic E-state index is -0.203. The molecular weight excluding hydrogens is 288 g/mol. The number of aliphatic imine (C=N–C) groups is 1. The van der Waals surface area contributed by atoms with Crippen LogP contribution in [0.2, 0.25) is 0 Å². The second-order valence-corrected chi connectivity index (χ2v) is 6.68. The van der Waals surface area contributed by atoms with Crippen molar-refractivity contribution < 1.29 is 4.79 Å². The van der Waals surface area contributed by atoms with Gasteiger partial charge in [-0.3, -0.25) is 9.79 Å². The number of hydrogen-bond donors (Lipinski definition) is 2. The Balaban J connectivity index is 1.55. The van der Waals surface area contributed by atoms with E-state index < -0.39 is 0 Å². The fraction of sp³-hybridized carbons (Fsp3) is 0.556. The second kappa shape index (κ2) is 7.02. The smallest absolute Gasteiger partial charge is 0.217 e. The van der Waals surface area contributed by atoms with Gasteiger partial charge in [-0.1, -0.05) is 30.3 Å². The fourth-order valence-electron chi connectivity index (χ4n) is 3.59. The van der Waals surface area contributed by atoms with E-state index in [1.807, 2.05) is 7.05 Å². The van der Waals surface area contributed by atoms with E-state index >= 15 is 0 Å². The van der Waals surface area contributed by atoms with E-state index in [-0.39, 0.29) is 5.91 Å². The van der Waals surface area contributed by atoms with Gasteiger partial charge in [-0.15, -0.1) is 0 Å². The molecule has 1 aliphatic carbocycles. The van der Waals surface area contributed by atoms with Crippen LogP contribution >= 0.6 is 0 Å². The molecule has 0 aromatic heterocycles. The largest absolute Gasteiger partial charge is 0.370 e. The van der Waals surface area contributed by atoms with Gasteiger partial charge in [0.25, 0.3) is 0 Å². The van der Waals surface area contributed by atoms with E-state index in [9.17, 15) is 4.79 Å². The van der Waals surface area contributed by atoms with Crippen LogP contribution in [0.5, 0.6) is 0 Å². The van der Waals surface area contributed by atoms with Gasteiger partial charge in [0.15, 0.2) is 5.96 Å². The average molecular weight is 314 g/mol. The molecule has 1 saturated carbocycles. The van der Waals surface area contributed by atoms with Gasteiger partial charge in [0.1, 0.15) is 0 Å². The maximum Gasteiger partial charge on any atom is 0.217 e. The Kier molecular flexibility index (Phi) is 4.84. The van der Waals surface area contributed by atoms with Crippen molar-refractivity contribution in [1.29, 1.82) is 0 Å². The van der Waals surface area contributed by atoms with Gasteiger partial charge >= 0.3 is 0 Å². The monoisotopic (exact) mass is 314 g/mol. The highest BCUT2D eigenvalue weighted by Crippen LogP contribution is 2.40. The van der Waals surface area contributed by atoms with Crippen LogP contribution in [0.25, 0.3) is 0 Å². The second-order valence-electron chi connectivity index (χ2n) is 6.68. The van der Waals surface area contributed by atoms with Crippen molar-refractivity contribution in [2.45, 2.75) is 37.6 Å². The van der Waals surface area contributed by atoms with Gasteiger partial charge in [-0.05, 0) is 30.7 Å². The van der Waals surface area contributed by atoms with E-state index in [1.165, 1.54) is 5.56 Å². The Labute approximate surface area is 138 Å². The standard InChI is InChI=1S/C18H26N4O/c1-20-18(22-9-5-6-13(12-22)10-17(19)23)21-16-11-15(16)14-7-3-2-4-8-14/h2-4,7-8,13,15-16H,5-6,9-12H2,1H3,(H2,19,23)(H,20,21). The SMILES string of the molecule is CN=C(NC1CC1c1ccccc1)N1CCCC(CC(N)=O)C1. The van der Waals surface area contributed by atoms with Crippen LogP contribution < -0.4 is 11.1 Å². The van der Waals surface area contributed by atoms with Gasteiger partial charge in [0.2, 0.25) is 5.91 Å². The highest BCUT2D eigenvalue weighted by molar-refractivity contribution is 5.81. The number of rotatable bonds is 4. The number of nitrogens with two attached hydrogens (primary N) is 1. The average Bonchev–Trinajstić information content (AvgIpc) is 3.32. The van der Waals surface area contributed by atoms with Crippen molar-refractivity contribution in [2.24, 2.45) is 16.6 Å². The molecule has 5 heteroatoms. The number of benzene rings is 1. The van der Waals surface area contributed by atoms with Crippen molar-refractivity contribution >= 4 is 11.9 Å². The molecule has 3 N–H and O–H groups in total. The molecule has 124 valence electrons. The third kappa shape index (κ3) is 4.03. The zero-order valence-corrected chi connectivity index (χ0v) is 13.7. The first kappa shape index (κ1) is 15.8. The highest BCUT2D eigenvalue weighted by atomic mass is 16.1. The Morgan fingerprint density at radius 1 is 1.39 bits per heavy atom. The summed E-state index contributed by atoms with van der Waals surface area (Å²) in [5.41, 5.74) is 6.74. The van der Waals surface area contributed by atoms with Crippen molar-refractivity contribution in [2.75, 3.05) is 20.1 Å². The molecule has 3 atom stereocenters. The number of carbonyl (C=O) groups is 1. The number of likely N-dealkylation sites (tertiary alicyclic amines) is 1. The predicted octanol–water partition coefficient (Wildman–Crippen LogP) is 1.71. The van der Waals surface area contributed by atoms with Crippen LogP contribution in [0.15, 0.2) is 35.3 Å². The van der Waals surface area contributed by atoms with Crippen LogP contribution in [0.3, 0.4) is 0 Å². The lowest BCUT2D eigenvalue weighted by Crippen LogP contribution is -2.48. The van der Waals surface area contributed by atoms with Crippen molar-refractivity contribution in [3.8, 4) is 0 Å². The number of primary amides is 1. The van der Waals surface area contributed by atoms with Crippen LogP contribution in [0, 0.1) is 5.92 Å². The van der Waals surface area contributed by atoms with E-state index in [0.717, 1.165) is 38.3 Å². The molecule has 3 rings (SSSR count). The lowest BCUT2D eigenvalue weighted by atomic mass is 9.95. The molecule has 23 heavy (non-hydrogen) atoms. The number of guanidine groups is 1. The molecule has 5 nitrogen and oxygen atoms in total. The number of amides is 1. The van der Waals surface area contributed by atoms with Crippen molar-refractivity contribution in [3.63, 3.8) is 0 Å². The number of nitrogens with one attached hydrogen (secondary N) is 1. The Bertz CT molecular complexity index is 572. The molecule has 2 aliphatic rings. The first-order chi connectivity index (χ1) is 11.2. The Hall–Kier alpha value is -2.04. The fourth-order valence-corrected chi connectivity index (χ4v) is 3.59. The summed E-state index contributed by atoms with van der Waals surface area (Å²) in [5, 5.41) is 3.59. The summed E-state index contributed by atoms with van der Waals surface area (Å²) in [7, 11) is 1.83. The maximum absolute atomic E-state index is 11.2. The summed E-state index contributed by atoms with van der Waals surface area (Å²) >= 11 is 0. The first-order valence-electron chi connectivity index (χ1n) is 8.49. The molecule has 0 radical (unpaired) electrons. The zero-order chi connectivity index (χ0) is 16.2. The normalized spacial score (nSPS) is 27.6. The Morgan fingerprint density at radius 2 is 2.17 bits per heavy atom. The molecular formula is C18H26N4O. The highest BCUT2D eigenvalue weighted by Gasteiger charge is 2.39. The van der Waals surface area contributed by atoms with Crippen LogP contribution in [-0.2, 0) is 4.79 Å². The maximum atomic E-state index is 11.2. The zero-order valence-electron chi connectivity index (χ0n) is 13.7. The molecule has 1 amide bonds. The number of piperidine rings is 1. The van der Waals surface area contributed by atoms with Gasteiger partial charge < -0.3 is 16.0 Å². The van der Waals surface area contributed by atoms with Crippen molar-refractivity contribution in [1.82, 2.24) is 10.2 Å². The topological polar surface area (TPSA) is 70.7 Å². The van der Waals surface area contributed by atoms with Gasteiger partial charge in [-0.25, -0.2) is 0 Å². The van der Waals surface area contributed by atoms with Crippen LogP contribution in [0.4, 0.5) is 0 Å². The molecule has 0 spiro atoms. The van der Waals surface area contributed by atoms with Crippen molar-refractivity contribution in [3.05, 3.63) is 35.9 Å². The molecule has 1 aromatic rings. The quantitative estimate of drug-likeness (QED) is 0.656. The molecule has 1 aliphatic heterocycles. The van der Waals surface area contributed by atoms with Gasteiger partial charge in [0, 0.05) is 38.5 Å². The Morgan fingerprint density at radius 3 is 2.87 bits per heavy atom. The van der Waals surface area contributed by atoms with Gasteiger partial charge in [0.05, 0.1) is 0 Å². The summed E-state index contributed by atoms with van der Waals surface area (Å²) in [6.07, 6.45) is 3.79. The summed E-state index contributed by atoms with van der Waals surface area (Å²) < 4.78 is 0. The third-order valence-electron chi connectivity index (χ3n) is 4.85. The van der Waals surface area contributed by atoms with Crippen LogP contribution in [-0.4, -0.2) is 42.9 Å². The van der Waals surface area contributed by atoms with E-state index in [0.29, 0.717) is 24.3 Å². The lowest BCUT2D eigenvalue weighted by molar-refractivity contribution is -0.119. The molecule has 1 heterocycles. The molecule has 0 bridgehead atoms. The van der Waals surface area contributed by atoms with Gasteiger partial charge in [-0.2, -0.15) is 0 Å². The third-order valence-corrected chi connectivity index (χ3v) is 4.85. The summed E-state index contributed by atoms with van der Waals surface area (Å²) in [6.45, 7) is 1.86. The lowest BCUT2D eigenvalue weighted by Gasteiger charge is -2.34. The minimum Gasteiger partial charge on any atom is -0.370 e. The first-order valence-corrected chi connectivity index (χ1v) is 8.49. The van der Waals surface area contributed by atoms with E-state index in [1.54, 1.807) is 0 Å². The molecule has 2 fully saturated rings.